The van der Waals surface area contributed by atoms with Crippen LogP contribution in [0.1, 0.15) is 25.7 Å². The number of rotatable bonds is 6. The Kier molecular flexibility index (Phi) is 5.86. The molecule has 1 saturated carbocycles. The molecule has 110 valence electrons. The minimum Gasteiger partial charge on any atom is -0.481 e. The number of carbonyl (C=O) groups is 1. The van der Waals surface area contributed by atoms with Crippen molar-refractivity contribution in [3.05, 3.63) is 30.1 Å². The molecule has 1 aliphatic carbocycles. The number of carboxylic acid groups (broad SMARTS) is 1. The molecular weight excluding hydrogens is 277 g/mol. The number of hydrogen-bond donors (Lipinski definition) is 2. The predicted molar refractivity (Wildman–Crippen MR) is 78.5 cm³/mol. The van der Waals surface area contributed by atoms with Crippen molar-refractivity contribution in [3.63, 3.8) is 0 Å². The molecule has 0 aromatic heterocycles. The summed E-state index contributed by atoms with van der Waals surface area (Å²) in [6.07, 6.45) is 3.50. The van der Waals surface area contributed by atoms with Crippen LogP contribution in [0.25, 0.3) is 0 Å². The van der Waals surface area contributed by atoms with Crippen LogP contribution < -0.4 is 5.32 Å². The van der Waals surface area contributed by atoms with E-state index in [9.17, 15) is 9.18 Å². The summed E-state index contributed by atoms with van der Waals surface area (Å²) in [7, 11) is 0. The van der Waals surface area contributed by atoms with Crippen molar-refractivity contribution in [1.82, 2.24) is 5.32 Å². The van der Waals surface area contributed by atoms with Gasteiger partial charge in [0, 0.05) is 23.2 Å². The van der Waals surface area contributed by atoms with E-state index in [1.54, 1.807) is 12.1 Å². The van der Waals surface area contributed by atoms with Crippen LogP contribution in [0.15, 0.2) is 29.2 Å². The Bertz CT molecular complexity index is 455. The Balaban J connectivity index is 1.68. The van der Waals surface area contributed by atoms with Gasteiger partial charge in [0.2, 0.25) is 0 Å². The first-order valence-electron chi connectivity index (χ1n) is 7.00. The van der Waals surface area contributed by atoms with E-state index in [4.69, 9.17) is 5.11 Å². The van der Waals surface area contributed by atoms with Crippen molar-refractivity contribution >= 4 is 17.7 Å². The molecule has 0 aliphatic heterocycles. The van der Waals surface area contributed by atoms with Gasteiger partial charge in [-0.1, -0.05) is 18.6 Å². The zero-order valence-electron chi connectivity index (χ0n) is 11.3. The molecule has 1 aromatic rings. The zero-order valence-corrected chi connectivity index (χ0v) is 12.2. The monoisotopic (exact) mass is 297 g/mol. The lowest BCUT2D eigenvalue weighted by atomic mass is 9.86. The molecule has 20 heavy (non-hydrogen) atoms. The molecule has 1 fully saturated rings. The van der Waals surface area contributed by atoms with Crippen molar-refractivity contribution in [1.29, 1.82) is 0 Å². The molecule has 0 amide bonds. The van der Waals surface area contributed by atoms with Crippen LogP contribution in [0.4, 0.5) is 4.39 Å². The maximum Gasteiger partial charge on any atom is 0.306 e. The first kappa shape index (κ1) is 15.3. The van der Waals surface area contributed by atoms with Gasteiger partial charge in [-0.2, -0.15) is 0 Å². The van der Waals surface area contributed by atoms with Gasteiger partial charge < -0.3 is 10.4 Å². The number of halogens is 1. The number of carboxylic acids is 1. The maximum absolute atomic E-state index is 13.4. The average molecular weight is 297 g/mol. The van der Waals surface area contributed by atoms with E-state index < -0.39 is 5.97 Å². The number of hydrogen-bond acceptors (Lipinski definition) is 3. The molecule has 3 nitrogen and oxygen atoms in total. The highest BCUT2D eigenvalue weighted by atomic mass is 32.2. The highest BCUT2D eigenvalue weighted by molar-refractivity contribution is 7.99. The van der Waals surface area contributed by atoms with Crippen LogP contribution >= 0.6 is 11.8 Å². The van der Waals surface area contributed by atoms with Crippen molar-refractivity contribution in [2.75, 3.05) is 12.3 Å². The first-order valence-corrected chi connectivity index (χ1v) is 7.99. The molecule has 2 unspecified atom stereocenters. The summed E-state index contributed by atoms with van der Waals surface area (Å²) in [6, 6.07) is 7.05. The van der Waals surface area contributed by atoms with Gasteiger partial charge in [0.1, 0.15) is 5.82 Å². The summed E-state index contributed by atoms with van der Waals surface area (Å²) in [6.45, 7) is 0.774. The lowest BCUT2D eigenvalue weighted by molar-refractivity contribution is -0.143. The summed E-state index contributed by atoms with van der Waals surface area (Å²) in [5.41, 5.74) is 0. The minimum atomic E-state index is -0.683. The third-order valence-corrected chi connectivity index (χ3v) is 4.70. The average Bonchev–Trinajstić information content (AvgIpc) is 2.45. The van der Waals surface area contributed by atoms with Crippen LogP contribution in [0.3, 0.4) is 0 Å². The van der Waals surface area contributed by atoms with Crippen LogP contribution in [0.2, 0.25) is 0 Å². The second kappa shape index (κ2) is 7.64. The summed E-state index contributed by atoms with van der Waals surface area (Å²) >= 11 is 1.49. The minimum absolute atomic E-state index is 0.180. The normalized spacial score (nSPS) is 22.6. The van der Waals surface area contributed by atoms with Crippen molar-refractivity contribution in [2.45, 2.75) is 36.6 Å². The summed E-state index contributed by atoms with van der Waals surface area (Å²) in [5, 5.41) is 12.4. The zero-order chi connectivity index (χ0) is 14.4. The molecule has 2 rings (SSSR count). The van der Waals surface area contributed by atoms with Crippen molar-refractivity contribution < 1.29 is 14.3 Å². The molecule has 0 saturated heterocycles. The Labute approximate surface area is 123 Å². The summed E-state index contributed by atoms with van der Waals surface area (Å²) in [4.78, 5) is 11.6. The van der Waals surface area contributed by atoms with Crippen molar-refractivity contribution in [3.8, 4) is 0 Å². The fourth-order valence-electron chi connectivity index (χ4n) is 2.59. The SMILES string of the molecule is O=C(O)C1CCCC(NCCSc2ccccc2F)C1. The van der Waals surface area contributed by atoms with Gasteiger partial charge in [0.15, 0.2) is 0 Å². The highest BCUT2D eigenvalue weighted by Crippen LogP contribution is 2.25. The topological polar surface area (TPSA) is 49.3 Å². The molecule has 1 aliphatic rings. The smallest absolute Gasteiger partial charge is 0.306 e. The van der Waals surface area contributed by atoms with E-state index in [1.165, 1.54) is 17.8 Å². The third-order valence-electron chi connectivity index (χ3n) is 3.65. The quantitative estimate of drug-likeness (QED) is 0.625. The van der Waals surface area contributed by atoms with Gasteiger partial charge in [0.25, 0.3) is 0 Å². The number of thioether (sulfide) groups is 1. The van der Waals surface area contributed by atoms with E-state index in [0.717, 1.165) is 31.6 Å². The predicted octanol–water partition coefficient (Wildman–Crippen LogP) is 3.15. The lowest BCUT2D eigenvalue weighted by Gasteiger charge is -2.27. The molecule has 2 atom stereocenters. The first-order chi connectivity index (χ1) is 9.66. The Morgan fingerprint density at radius 2 is 2.20 bits per heavy atom. The van der Waals surface area contributed by atoms with Gasteiger partial charge in [0.05, 0.1) is 5.92 Å². The number of nitrogens with one attached hydrogen (secondary N) is 1. The van der Waals surface area contributed by atoms with Crippen LogP contribution in [0, 0.1) is 11.7 Å². The second-order valence-corrected chi connectivity index (χ2v) is 6.27. The van der Waals surface area contributed by atoms with Gasteiger partial charge in [-0.15, -0.1) is 11.8 Å². The molecule has 0 heterocycles. The fourth-order valence-corrected chi connectivity index (χ4v) is 3.41. The Hall–Kier alpha value is -1.07. The maximum atomic E-state index is 13.4. The van der Waals surface area contributed by atoms with Crippen LogP contribution in [-0.4, -0.2) is 29.4 Å². The van der Waals surface area contributed by atoms with Crippen LogP contribution in [0.5, 0.6) is 0 Å². The van der Waals surface area contributed by atoms with E-state index in [0.29, 0.717) is 11.3 Å². The van der Waals surface area contributed by atoms with E-state index in [1.807, 2.05) is 6.07 Å². The van der Waals surface area contributed by atoms with E-state index in [-0.39, 0.29) is 17.8 Å². The van der Waals surface area contributed by atoms with Gasteiger partial charge in [-0.05, 0) is 31.4 Å². The number of aliphatic carboxylic acids is 1. The molecule has 5 heteroatoms. The van der Waals surface area contributed by atoms with E-state index >= 15 is 0 Å². The van der Waals surface area contributed by atoms with E-state index in [2.05, 4.69) is 5.32 Å². The molecule has 0 spiro atoms. The Morgan fingerprint density at radius 3 is 2.95 bits per heavy atom. The Morgan fingerprint density at radius 1 is 1.40 bits per heavy atom. The largest absolute Gasteiger partial charge is 0.481 e. The second-order valence-electron chi connectivity index (χ2n) is 5.13. The molecule has 0 bridgehead atoms. The van der Waals surface area contributed by atoms with Gasteiger partial charge >= 0.3 is 5.97 Å². The van der Waals surface area contributed by atoms with Crippen molar-refractivity contribution in [2.24, 2.45) is 5.92 Å². The molecule has 1 aromatic carbocycles. The molecule has 0 radical (unpaired) electrons. The third kappa shape index (κ3) is 4.49. The molecular formula is C15H20FNO2S. The lowest BCUT2D eigenvalue weighted by Crippen LogP contribution is -2.37. The number of benzene rings is 1. The summed E-state index contributed by atoms with van der Waals surface area (Å²) < 4.78 is 13.4. The standard InChI is InChI=1S/C15H20FNO2S/c16-13-6-1-2-7-14(13)20-9-8-17-12-5-3-4-11(10-12)15(18)19/h1-2,6-7,11-12,17H,3-5,8-10H2,(H,18,19). The van der Waals surface area contributed by atoms with Gasteiger partial charge in [-0.25, -0.2) is 4.39 Å². The fraction of sp³-hybridized carbons (Fsp3) is 0.533. The van der Waals surface area contributed by atoms with Gasteiger partial charge in [-0.3, -0.25) is 4.79 Å². The van der Waals surface area contributed by atoms with Crippen LogP contribution in [-0.2, 0) is 4.79 Å². The highest BCUT2D eigenvalue weighted by Gasteiger charge is 2.26. The molecule has 2 N–H and O–H groups in total. The summed E-state index contributed by atoms with van der Waals surface area (Å²) in [5.74, 6) is -0.284.